The number of thioether (sulfide) groups is 1. The van der Waals surface area contributed by atoms with Crippen molar-refractivity contribution >= 4 is 17.7 Å². The summed E-state index contributed by atoms with van der Waals surface area (Å²) in [7, 11) is 0. The standard InChI is InChI=1S/C25H32N2OS/c1-20-7-8-24-23(17-20)19-27(15-16-29-24)25(28)11-14-26-12-9-22(10-13-26)18-21-5-3-2-4-6-21/h2-8,17,22H,9-16,18-19H2,1H3. The van der Waals surface area contributed by atoms with E-state index in [2.05, 4.69) is 65.3 Å². The van der Waals surface area contributed by atoms with E-state index in [1.54, 1.807) is 0 Å². The predicted molar refractivity (Wildman–Crippen MR) is 121 cm³/mol. The van der Waals surface area contributed by atoms with Crippen molar-refractivity contribution in [2.24, 2.45) is 5.92 Å². The molecule has 4 heteroatoms. The van der Waals surface area contributed by atoms with Gasteiger partial charge >= 0.3 is 0 Å². The summed E-state index contributed by atoms with van der Waals surface area (Å²) >= 11 is 1.88. The number of amides is 1. The fourth-order valence-electron chi connectivity index (χ4n) is 4.51. The van der Waals surface area contributed by atoms with E-state index in [9.17, 15) is 4.79 Å². The molecule has 1 saturated heterocycles. The molecule has 1 amide bonds. The van der Waals surface area contributed by atoms with Gasteiger partial charge in [-0.15, -0.1) is 11.8 Å². The highest BCUT2D eigenvalue weighted by atomic mass is 32.2. The predicted octanol–water partition coefficient (Wildman–Crippen LogP) is 4.77. The van der Waals surface area contributed by atoms with Crippen LogP contribution < -0.4 is 0 Å². The van der Waals surface area contributed by atoms with Gasteiger partial charge in [0.1, 0.15) is 0 Å². The van der Waals surface area contributed by atoms with Crippen LogP contribution in [0.4, 0.5) is 0 Å². The quantitative estimate of drug-likeness (QED) is 0.712. The van der Waals surface area contributed by atoms with Gasteiger partial charge < -0.3 is 9.80 Å². The number of likely N-dealkylation sites (tertiary alicyclic amines) is 1. The maximum absolute atomic E-state index is 12.9. The van der Waals surface area contributed by atoms with Crippen molar-refractivity contribution in [2.45, 2.75) is 44.0 Å². The van der Waals surface area contributed by atoms with Gasteiger partial charge in [0.25, 0.3) is 0 Å². The molecule has 1 fully saturated rings. The van der Waals surface area contributed by atoms with Crippen molar-refractivity contribution in [3.8, 4) is 0 Å². The van der Waals surface area contributed by atoms with Crippen LogP contribution in [0.2, 0.25) is 0 Å². The number of hydrogen-bond donors (Lipinski definition) is 0. The zero-order valence-electron chi connectivity index (χ0n) is 17.5. The smallest absolute Gasteiger partial charge is 0.224 e. The van der Waals surface area contributed by atoms with Crippen molar-refractivity contribution in [1.29, 1.82) is 0 Å². The van der Waals surface area contributed by atoms with Crippen molar-refractivity contribution in [3.63, 3.8) is 0 Å². The molecule has 0 N–H and O–H groups in total. The van der Waals surface area contributed by atoms with E-state index in [1.165, 1.54) is 40.8 Å². The third-order valence-electron chi connectivity index (χ3n) is 6.26. The molecule has 2 aliphatic heterocycles. The Morgan fingerprint density at radius 3 is 2.66 bits per heavy atom. The van der Waals surface area contributed by atoms with Crippen molar-refractivity contribution < 1.29 is 4.79 Å². The van der Waals surface area contributed by atoms with Gasteiger partial charge in [0.15, 0.2) is 0 Å². The normalized spacial score (nSPS) is 18.3. The Morgan fingerprint density at radius 1 is 1.07 bits per heavy atom. The Bertz CT molecular complexity index is 815. The molecule has 0 aliphatic carbocycles. The highest BCUT2D eigenvalue weighted by Gasteiger charge is 2.23. The topological polar surface area (TPSA) is 23.6 Å². The summed E-state index contributed by atoms with van der Waals surface area (Å²) in [5.74, 6) is 2.09. The summed E-state index contributed by atoms with van der Waals surface area (Å²) in [4.78, 5) is 18.8. The maximum atomic E-state index is 12.9. The minimum Gasteiger partial charge on any atom is -0.337 e. The summed E-state index contributed by atoms with van der Waals surface area (Å²) in [5.41, 5.74) is 4.04. The molecule has 154 valence electrons. The number of piperidine rings is 1. The Morgan fingerprint density at radius 2 is 1.86 bits per heavy atom. The van der Waals surface area contributed by atoms with Gasteiger partial charge in [-0.25, -0.2) is 0 Å². The lowest BCUT2D eigenvalue weighted by molar-refractivity contribution is -0.132. The summed E-state index contributed by atoms with van der Waals surface area (Å²) in [5, 5.41) is 0. The number of hydrogen-bond acceptors (Lipinski definition) is 3. The van der Waals surface area contributed by atoms with Gasteiger partial charge in [-0.1, -0.05) is 48.0 Å². The molecule has 2 heterocycles. The summed E-state index contributed by atoms with van der Waals surface area (Å²) in [6.45, 7) is 6.91. The third kappa shape index (κ3) is 5.64. The Kier molecular flexibility index (Phi) is 6.94. The highest BCUT2D eigenvalue weighted by molar-refractivity contribution is 7.99. The first-order valence-electron chi connectivity index (χ1n) is 10.9. The zero-order valence-corrected chi connectivity index (χ0v) is 18.3. The van der Waals surface area contributed by atoms with Gasteiger partial charge in [0, 0.05) is 36.7 Å². The molecular weight excluding hydrogens is 376 g/mol. The monoisotopic (exact) mass is 408 g/mol. The molecule has 0 unspecified atom stereocenters. The number of nitrogens with zero attached hydrogens (tertiary/aromatic N) is 2. The van der Waals surface area contributed by atoms with E-state index in [1.807, 2.05) is 11.8 Å². The van der Waals surface area contributed by atoms with E-state index >= 15 is 0 Å². The van der Waals surface area contributed by atoms with E-state index in [4.69, 9.17) is 0 Å². The van der Waals surface area contributed by atoms with Crippen LogP contribution in [0.25, 0.3) is 0 Å². The molecule has 0 radical (unpaired) electrons. The van der Waals surface area contributed by atoms with E-state index in [0.29, 0.717) is 12.3 Å². The minimum absolute atomic E-state index is 0.311. The van der Waals surface area contributed by atoms with Crippen molar-refractivity contribution in [1.82, 2.24) is 9.80 Å². The first-order chi connectivity index (χ1) is 14.2. The number of benzene rings is 2. The summed E-state index contributed by atoms with van der Waals surface area (Å²) in [6, 6.07) is 17.5. The Hall–Kier alpha value is -1.78. The maximum Gasteiger partial charge on any atom is 0.224 e. The van der Waals surface area contributed by atoms with Gasteiger partial charge in [-0.05, 0) is 62.4 Å². The van der Waals surface area contributed by atoms with Gasteiger partial charge in [0.2, 0.25) is 5.91 Å². The number of fused-ring (bicyclic) bond motifs is 1. The molecule has 3 nitrogen and oxygen atoms in total. The van der Waals surface area contributed by atoms with Gasteiger partial charge in [-0.3, -0.25) is 4.79 Å². The van der Waals surface area contributed by atoms with E-state index in [0.717, 1.165) is 44.4 Å². The average Bonchev–Trinajstić information content (AvgIpc) is 2.96. The fourth-order valence-corrected chi connectivity index (χ4v) is 5.51. The average molecular weight is 409 g/mol. The van der Waals surface area contributed by atoms with Crippen LogP contribution in [0, 0.1) is 12.8 Å². The molecule has 0 atom stereocenters. The molecule has 29 heavy (non-hydrogen) atoms. The first kappa shape index (κ1) is 20.5. The molecule has 0 spiro atoms. The molecule has 0 aromatic heterocycles. The molecule has 2 aromatic rings. The molecule has 0 bridgehead atoms. The van der Waals surface area contributed by atoms with Crippen molar-refractivity contribution in [3.05, 3.63) is 65.2 Å². The second kappa shape index (κ2) is 9.82. The SMILES string of the molecule is Cc1ccc2c(c1)CN(C(=O)CCN1CCC(Cc3ccccc3)CC1)CCS2. The van der Waals surface area contributed by atoms with Crippen LogP contribution in [0.3, 0.4) is 0 Å². The lowest BCUT2D eigenvalue weighted by Crippen LogP contribution is -2.38. The van der Waals surface area contributed by atoms with Crippen LogP contribution in [0.1, 0.15) is 36.0 Å². The second-order valence-corrected chi connectivity index (χ2v) is 9.64. The van der Waals surface area contributed by atoms with Crippen LogP contribution in [-0.4, -0.2) is 47.6 Å². The van der Waals surface area contributed by atoms with E-state index in [-0.39, 0.29) is 0 Å². The van der Waals surface area contributed by atoms with Crippen LogP contribution in [0.15, 0.2) is 53.4 Å². The largest absolute Gasteiger partial charge is 0.337 e. The summed E-state index contributed by atoms with van der Waals surface area (Å²) < 4.78 is 0. The first-order valence-corrected chi connectivity index (χ1v) is 11.9. The minimum atomic E-state index is 0.311. The zero-order chi connectivity index (χ0) is 20.1. The number of carbonyl (C=O) groups is 1. The molecule has 2 aromatic carbocycles. The van der Waals surface area contributed by atoms with E-state index < -0.39 is 0 Å². The lowest BCUT2D eigenvalue weighted by atomic mass is 9.90. The molecule has 4 rings (SSSR count). The van der Waals surface area contributed by atoms with Crippen LogP contribution >= 0.6 is 11.8 Å². The summed E-state index contributed by atoms with van der Waals surface area (Å²) in [6.07, 6.45) is 4.33. The number of rotatable bonds is 5. The van der Waals surface area contributed by atoms with Gasteiger partial charge in [0.05, 0.1) is 0 Å². The number of carbonyl (C=O) groups excluding carboxylic acids is 1. The Labute approximate surface area is 179 Å². The molecule has 0 saturated carbocycles. The highest BCUT2D eigenvalue weighted by Crippen LogP contribution is 2.28. The van der Waals surface area contributed by atoms with Crippen LogP contribution in [-0.2, 0) is 17.8 Å². The molecular formula is C25H32N2OS. The molecule has 2 aliphatic rings. The third-order valence-corrected chi connectivity index (χ3v) is 7.36. The van der Waals surface area contributed by atoms with Crippen molar-refractivity contribution in [2.75, 3.05) is 31.9 Å². The second-order valence-electron chi connectivity index (χ2n) is 8.50. The van der Waals surface area contributed by atoms with Crippen LogP contribution in [0.5, 0.6) is 0 Å². The van der Waals surface area contributed by atoms with Gasteiger partial charge in [-0.2, -0.15) is 0 Å². The lowest BCUT2D eigenvalue weighted by Gasteiger charge is -2.32. The Balaban J connectivity index is 1.23. The number of aryl methyl sites for hydroxylation is 1. The fraction of sp³-hybridized carbons (Fsp3) is 0.480.